The number of benzene rings is 1. The van der Waals surface area contributed by atoms with Crippen LogP contribution in [-0.4, -0.2) is 78.4 Å². The molecule has 2 aromatic rings. The first-order valence-electron chi connectivity index (χ1n) is 12.5. The summed E-state index contributed by atoms with van der Waals surface area (Å²) in [6.07, 6.45) is 2.12. The SMILES string of the molecule is C[C@@](Cc1cccc(NC(=O)CCCn2cc(CCCF)nn2)c1)(NC(=O)N[C@@H](CCC(=O)O)C(=O)O)C(=O)O. The molecule has 0 saturated carbocycles. The highest BCUT2D eigenvalue weighted by Crippen LogP contribution is 2.18. The summed E-state index contributed by atoms with van der Waals surface area (Å²) in [4.78, 5) is 58.9. The highest BCUT2D eigenvalue weighted by Gasteiger charge is 2.36. The van der Waals surface area contributed by atoms with Crippen LogP contribution in [0, 0.1) is 0 Å². The number of carbonyl (C=O) groups excluding carboxylic acids is 2. The van der Waals surface area contributed by atoms with Gasteiger partial charge in [0.15, 0.2) is 0 Å². The molecule has 2 atom stereocenters. The molecule has 0 spiro atoms. The van der Waals surface area contributed by atoms with E-state index in [-0.39, 0.29) is 25.2 Å². The number of rotatable bonds is 17. The minimum Gasteiger partial charge on any atom is -0.481 e. The van der Waals surface area contributed by atoms with Crippen LogP contribution in [-0.2, 0) is 38.6 Å². The Labute approximate surface area is 228 Å². The lowest BCUT2D eigenvalue weighted by atomic mass is 9.92. The number of urea groups is 1. The van der Waals surface area contributed by atoms with Gasteiger partial charge in [-0.25, -0.2) is 14.4 Å². The van der Waals surface area contributed by atoms with Gasteiger partial charge in [-0.05, 0) is 50.3 Å². The Morgan fingerprint density at radius 3 is 2.50 bits per heavy atom. The van der Waals surface area contributed by atoms with E-state index < -0.39 is 48.6 Å². The standard InChI is InChI=1S/C25H33FN6O8/c1-25(23(38)39,29-24(40)28-19(22(36)37)9-10-21(34)35)14-16-5-2-6-17(13-16)27-20(33)8-4-12-32-15-18(30-31-32)7-3-11-26/h2,5-6,13,15,19H,3-4,7-12,14H2,1H3,(H,27,33)(H,34,35)(H,36,37)(H,38,39)(H2,28,29,40)/t19-,25-/m0/s1. The van der Waals surface area contributed by atoms with Crippen LogP contribution in [0.1, 0.15) is 50.3 Å². The van der Waals surface area contributed by atoms with Gasteiger partial charge in [0.25, 0.3) is 0 Å². The fourth-order valence-corrected chi connectivity index (χ4v) is 3.75. The first-order chi connectivity index (χ1) is 18.9. The number of aromatic nitrogens is 3. The molecule has 15 heteroatoms. The number of aryl methyl sites for hydroxylation is 2. The molecule has 0 unspecified atom stereocenters. The van der Waals surface area contributed by atoms with Crippen molar-refractivity contribution in [3.8, 4) is 0 Å². The molecule has 6 N–H and O–H groups in total. The minimum atomic E-state index is -1.86. The Balaban J connectivity index is 1.94. The number of carbonyl (C=O) groups is 5. The zero-order valence-electron chi connectivity index (χ0n) is 21.9. The number of nitrogens with one attached hydrogen (secondary N) is 3. The summed E-state index contributed by atoms with van der Waals surface area (Å²) >= 11 is 0. The predicted molar refractivity (Wildman–Crippen MR) is 138 cm³/mol. The van der Waals surface area contributed by atoms with E-state index in [0.717, 1.165) is 0 Å². The van der Waals surface area contributed by atoms with Gasteiger partial charge in [0.05, 0.1) is 12.4 Å². The highest BCUT2D eigenvalue weighted by atomic mass is 19.1. The number of amides is 3. The van der Waals surface area contributed by atoms with Crippen LogP contribution >= 0.6 is 0 Å². The van der Waals surface area contributed by atoms with E-state index in [0.29, 0.717) is 42.8 Å². The molecular weight excluding hydrogens is 531 g/mol. The van der Waals surface area contributed by atoms with Gasteiger partial charge in [-0.15, -0.1) is 5.10 Å². The van der Waals surface area contributed by atoms with E-state index in [2.05, 4.69) is 26.3 Å². The molecule has 0 bridgehead atoms. The molecule has 2 rings (SSSR count). The molecule has 0 aliphatic heterocycles. The lowest BCUT2D eigenvalue weighted by Gasteiger charge is -2.27. The van der Waals surface area contributed by atoms with Crippen molar-refractivity contribution in [1.82, 2.24) is 25.6 Å². The topological polar surface area (TPSA) is 213 Å². The normalized spacial score (nSPS) is 13.1. The molecule has 0 aliphatic carbocycles. The summed E-state index contributed by atoms with van der Waals surface area (Å²) in [5, 5.41) is 42.7. The molecule has 0 saturated heterocycles. The van der Waals surface area contributed by atoms with E-state index >= 15 is 0 Å². The van der Waals surface area contributed by atoms with Crippen LogP contribution in [0.3, 0.4) is 0 Å². The fraction of sp³-hybridized carbons (Fsp3) is 0.480. The molecule has 14 nitrogen and oxygen atoms in total. The average Bonchev–Trinajstić information content (AvgIpc) is 3.32. The number of halogens is 1. The number of alkyl halides is 1. The molecule has 40 heavy (non-hydrogen) atoms. The predicted octanol–water partition coefficient (Wildman–Crippen LogP) is 1.60. The van der Waals surface area contributed by atoms with E-state index in [1.165, 1.54) is 6.92 Å². The number of hydrogen-bond donors (Lipinski definition) is 6. The van der Waals surface area contributed by atoms with Gasteiger partial charge in [0.1, 0.15) is 11.6 Å². The van der Waals surface area contributed by atoms with E-state index in [9.17, 15) is 38.6 Å². The third-order valence-electron chi connectivity index (χ3n) is 5.82. The van der Waals surface area contributed by atoms with Crippen LogP contribution in [0.4, 0.5) is 14.9 Å². The monoisotopic (exact) mass is 564 g/mol. The van der Waals surface area contributed by atoms with Crippen molar-refractivity contribution in [2.24, 2.45) is 0 Å². The van der Waals surface area contributed by atoms with Crippen LogP contribution in [0.25, 0.3) is 0 Å². The van der Waals surface area contributed by atoms with Crippen molar-refractivity contribution in [1.29, 1.82) is 0 Å². The maximum absolute atomic E-state index is 12.4. The maximum Gasteiger partial charge on any atom is 0.329 e. The Morgan fingerprint density at radius 1 is 1.10 bits per heavy atom. The fourth-order valence-electron chi connectivity index (χ4n) is 3.75. The Hall–Kier alpha value is -4.56. The largest absolute Gasteiger partial charge is 0.481 e. The van der Waals surface area contributed by atoms with Crippen molar-refractivity contribution in [3.05, 3.63) is 41.7 Å². The molecule has 0 fully saturated rings. The van der Waals surface area contributed by atoms with Gasteiger partial charge in [-0.2, -0.15) is 0 Å². The van der Waals surface area contributed by atoms with Crippen molar-refractivity contribution >= 4 is 35.5 Å². The summed E-state index contributed by atoms with van der Waals surface area (Å²) in [7, 11) is 0. The average molecular weight is 565 g/mol. The van der Waals surface area contributed by atoms with Crippen molar-refractivity contribution in [2.45, 2.75) is 70.0 Å². The van der Waals surface area contributed by atoms with E-state index in [1.807, 2.05) is 0 Å². The van der Waals surface area contributed by atoms with Crippen LogP contribution < -0.4 is 16.0 Å². The van der Waals surface area contributed by atoms with E-state index in [1.54, 1.807) is 35.1 Å². The zero-order valence-corrected chi connectivity index (χ0v) is 21.9. The summed E-state index contributed by atoms with van der Waals surface area (Å²) in [6.45, 7) is 1.25. The Kier molecular flexibility index (Phi) is 12.0. The molecular formula is C25H33FN6O8. The molecule has 3 amide bonds. The molecule has 218 valence electrons. The summed E-state index contributed by atoms with van der Waals surface area (Å²) < 4.78 is 13.9. The zero-order chi connectivity index (χ0) is 29.7. The summed E-state index contributed by atoms with van der Waals surface area (Å²) in [6, 6.07) is 3.77. The summed E-state index contributed by atoms with van der Waals surface area (Å²) in [5.74, 6) is -4.38. The van der Waals surface area contributed by atoms with Crippen molar-refractivity contribution in [3.63, 3.8) is 0 Å². The Bertz CT molecular complexity index is 1210. The number of nitrogens with zero attached hydrogens (tertiary/aromatic N) is 3. The van der Waals surface area contributed by atoms with Gasteiger partial charge in [0.2, 0.25) is 5.91 Å². The molecule has 0 aliphatic rings. The van der Waals surface area contributed by atoms with Gasteiger partial charge >= 0.3 is 23.9 Å². The minimum absolute atomic E-state index is 0.172. The van der Waals surface area contributed by atoms with Crippen LogP contribution in [0.5, 0.6) is 0 Å². The first-order valence-corrected chi connectivity index (χ1v) is 12.5. The number of anilines is 1. The van der Waals surface area contributed by atoms with Gasteiger partial charge in [-0.3, -0.25) is 18.7 Å². The second-order valence-electron chi connectivity index (χ2n) is 9.35. The van der Waals surface area contributed by atoms with Crippen molar-refractivity contribution < 1.29 is 43.7 Å². The van der Waals surface area contributed by atoms with E-state index in [4.69, 9.17) is 5.11 Å². The van der Waals surface area contributed by atoms with Gasteiger partial charge in [-0.1, -0.05) is 17.3 Å². The number of carboxylic acids is 3. The number of hydrogen-bond acceptors (Lipinski definition) is 7. The lowest BCUT2D eigenvalue weighted by Crippen LogP contribution is -2.58. The molecule has 1 aromatic carbocycles. The highest BCUT2D eigenvalue weighted by molar-refractivity contribution is 5.91. The van der Waals surface area contributed by atoms with Crippen LogP contribution in [0.15, 0.2) is 30.5 Å². The third kappa shape index (κ3) is 10.7. The Morgan fingerprint density at radius 2 is 1.85 bits per heavy atom. The van der Waals surface area contributed by atoms with Gasteiger partial charge < -0.3 is 31.3 Å². The quantitative estimate of drug-likeness (QED) is 0.163. The molecule has 0 radical (unpaired) electrons. The second-order valence-corrected chi connectivity index (χ2v) is 9.35. The third-order valence-corrected chi connectivity index (χ3v) is 5.82. The van der Waals surface area contributed by atoms with Crippen LogP contribution in [0.2, 0.25) is 0 Å². The summed E-state index contributed by atoms with van der Waals surface area (Å²) in [5.41, 5.74) is -0.302. The molecule has 1 aromatic heterocycles. The lowest BCUT2D eigenvalue weighted by molar-refractivity contribution is -0.143. The second kappa shape index (κ2) is 15.1. The van der Waals surface area contributed by atoms with Gasteiger partial charge in [0, 0.05) is 37.7 Å². The number of aliphatic carboxylic acids is 3. The smallest absolute Gasteiger partial charge is 0.329 e. The maximum atomic E-state index is 12.4. The van der Waals surface area contributed by atoms with Crippen molar-refractivity contribution in [2.75, 3.05) is 12.0 Å². The molecule has 1 heterocycles. The first kappa shape index (κ1) is 31.7. The number of carboxylic acid groups (broad SMARTS) is 3.